The third-order valence-electron chi connectivity index (χ3n) is 2.81. The highest BCUT2D eigenvalue weighted by molar-refractivity contribution is 5.89. The van der Waals surface area contributed by atoms with Crippen LogP contribution < -0.4 is 10.6 Å². The molecule has 0 spiro atoms. The Morgan fingerprint density at radius 2 is 1.67 bits per heavy atom. The number of carbonyl (C=O) groups is 1. The zero-order valence-electron chi connectivity index (χ0n) is 11.2. The molecule has 2 aromatic carbocycles. The molecule has 2 N–H and O–H groups in total. The predicted octanol–water partition coefficient (Wildman–Crippen LogP) is 3.67. The second-order valence-electron chi connectivity index (χ2n) is 4.44. The van der Waals surface area contributed by atoms with Gasteiger partial charge < -0.3 is 10.6 Å². The van der Waals surface area contributed by atoms with E-state index in [9.17, 15) is 18.0 Å². The summed E-state index contributed by atoms with van der Waals surface area (Å²) < 4.78 is 39.4. The maximum Gasteiger partial charge on any atom is 0.221 e. The molecule has 6 heteroatoms. The van der Waals surface area contributed by atoms with Crippen molar-refractivity contribution in [1.29, 1.82) is 0 Å². The molecular weight excluding hydrogens is 281 g/mol. The first kappa shape index (κ1) is 14.9. The fourth-order valence-corrected chi connectivity index (χ4v) is 1.83. The number of benzene rings is 2. The van der Waals surface area contributed by atoms with Crippen LogP contribution in [0, 0.1) is 17.5 Å². The summed E-state index contributed by atoms with van der Waals surface area (Å²) in [6.07, 6.45) is 0. The molecule has 0 fully saturated rings. The average molecular weight is 294 g/mol. The van der Waals surface area contributed by atoms with Crippen molar-refractivity contribution in [2.24, 2.45) is 0 Å². The maximum atomic E-state index is 13.5. The third kappa shape index (κ3) is 3.75. The summed E-state index contributed by atoms with van der Waals surface area (Å²) >= 11 is 0. The lowest BCUT2D eigenvalue weighted by atomic mass is 10.1. The molecule has 0 aliphatic rings. The monoisotopic (exact) mass is 294 g/mol. The summed E-state index contributed by atoms with van der Waals surface area (Å²) in [5, 5.41) is 5.32. The number of rotatable bonds is 4. The number of anilines is 2. The molecule has 0 aromatic heterocycles. The Morgan fingerprint density at radius 1 is 1.00 bits per heavy atom. The molecule has 0 saturated carbocycles. The van der Waals surface area contributed by atoms with Crippen molar-refractivity contribution in [3.8, 4) is 0 Å². The first-order chi connectivity index (χ1) is 9.97. The highest BCUT2D eigenvalue weighted by atomic mass is 19.2. The standard InChI is InChI=1S/C15H13F3N2O/c1-9(21)20-14-5-3-2-4-10(14)8-19-15-7-12(17)11(16)6-13(15)18/h2-7,19H,8H2,1H3,(H,20,21). The number of nitrogens with one attached hydrogen (secondary N) is 2. The molecule has 0 bridgehead atoms. The second kappa shape index (κ2) is 6.30. The van der Waals surface area contributed by atoms with Gasteiger partial charge in [-0.05, 0) is 11.6 Å². The Balaban J connectivity index is 2.17. The van der Waals surface area contributed by atoms with Crippen LogP contribution in [0.1, 0.15) is 12.5 Å². The van der Waals surface area contributed by atoms with Gasteiger partial charge in [0, 0.05) is 31.3 Å². The number of amides is 1. The smallest absolute Gasteiger partial charge is 0.221 e. The molecular formula is C15H13F3N2O. The molecule has 3 nitrogen and oxygen atoms in total. The van der Waals surface area contributed by atoms with Crippen molar-refractivity contribution in [2.75, 3.05) is 10.6 Å². The summed E-state index contributed by atoms with van der Waals surface area (Å²) in [7, 11) is 0. The van der Waals surface area contributed by atoms with Crippen LogP contribution in [0.3, 0.4) is 0 Å². The Bertz CT molecular complexity index is 674. The molecule has 0 aliphatic carbocycles. The van der Waals surface area contributed by atoms with Crippen LogP contribution in [0.25, 0.3) is 0 Å². The van der Waals surface area contributed by atoms with Crippen LogP contribution in [0.2, 0.25) is 0 Å². The molecule has 0 atom stereocenters. The minimum Gasteiger partial charge on any atom is -0.378 e. The molecule has 0 radical (unpaired) electrons. The lowest BCUT2D eigenvalue weighted by molar-refractivity contribution is -0.114. The summed E-state index contributed by atoms with van der Waals surface area (Å²) in [4.78, 5) is 11.1. The minimum atomic E-state index is -1.24. The predicted molar refractivity (Wildman–Crippen MR) is 74.4 cm³/mol. The second-order valence-corrected chi connectivity index (χ2v) is 4.44. The molecule has 0 unspecified atom stereocenters. The number of hydrogen-bond donors (Lipinski definition) is 2. The van der Waals surface area contributed by atoms with Gasteiger partial charge in [-0.3, -0.25) is 4.79 Å². The van der Waals surface area contributed by atoms with E-state index in [1.54, 1.807) is 24.3 Å². The molecule has 0 heterocycles. The first-order valence-electron chi connectivity index (χ1n) is 6.21. The van der Waals surface area contributed by atoms with Crippen molar-refractivity contribution >= 4 is 17.3 Å². The zero-order chi connectivity index (χ0) is 15.4. The van der Waals surface area contributed by atoms with Gasteiger partial charge in [0.25, 0.3) is 0 Å². The molecule has 0 saturated heterocycles. The van der Waals surface area contributed by atoms with Gasteiger partial charge in [-0.2, -0.15) is 0 Å². The van der Waals surface area contributed by atoms with Crippen molar-refractivity contribution in [1.82, 2.24) is 0 Å². The highest BCUT2D eigenvalue weighted by Gasteiger charge is 2.10. The van der Waals surface area contributed by atoms with Gasteiger partial charge in [0.15, 0.2) is 11.6 Å². The van der Waals surface area contributed by atoms with Crippen LogP contribution in [-0.2, 0) is 11.3 Å². The van der Waals surface area contributed by atoms with E-state index in [2.05, 4.69) is 10.6 Å². The van der Waals surface area contributed by atoms with E-state index in [1.165, 1.54) is 6.92 Å². The van der Waals surface area contributed by atoms with E-state index < -0.39 is 17.5 Å². The SMILES string of the molecule is CC(=O)Nc1ccccc1CNc1cc(F)c(F)cc1F. The Hall–Kier alpha value is -2.50. The summed E-state index contributed by atoms with van der Waals surface area (Å²) in [5.74, 6) is -3.49. The highest BCUT2D eigenvalue weighted by Crippen LogP contribution is 2.21. The minimum absolute atomic E-state index is 0.147. The molecule has 2 rings (SSSR count). The zero-order valence-corrected chi connectivity index (χ0v) is 11.2. The Labute approximate surface area is 119 Å². The van der Waals surface area contributed by atoms with Crippen LogP contribution >= 0.6 is 0 Å². The number of carbonyl (C=O) groups excluding carboxylic acids is 1. The normalized spacial score (nSPS) is 10.3. The Morgan fingerprint density at radius 3 is 2.38 bits per heavy atom. The van der Waals surface area contributed by atoms with Crippen LogP contribution in [-0.4, -0.2) is 5.91 Å². The summed E-state index contributed by atoms with van der Waals surface area (Å²) in [5.41, 5.74) is 1.11. The maximum absolute atomic E-state index is 13.5. The van der Waals surface area contributed by atoms with E-state index in [-0.39, 0.29) is 18.1 Å². The largest absolute Gasteiger partial charge is 0.378 e. The van der Waals surface area contributed by atoms with Gasteiger partial charge in [0.1, 0.15) is 5.82 Å². The van der Waals surface area contributed by atoms with Crippen molar-refractivity contribution < 1.29 is 18.0 Å². The van der Waals surface area contributed by atoms with Gasteiger partial charge in [-0.15, -0.1) is 0 Å². The molecule has 110 valence electrons. The van der Waals surface area contributed by atoms with Crippen molar-refractivity contribution in [3.63, 3.8) is 0 Å². The lowest BCUT2D eigenvalue weighted by Gasteiger charge is -2.12. The fraction of sp³-hybridized carbons (Fsp3) is 0.133. The third-order valence-corrected chi connectivity index (χ3v) is 2.81. The Kier molecular flexibility index (Phi) is 4.47. The number of halogens is 3. The van der Waals surface area contributed by atoms with E-state index in [0.717, 1.165) is 6.07 Å². The summed E-state index contributed by atoms with van der Waals surface area (Å²) in [6, 6.07) is 8.16. The van der Waals surface area contributed by atoms with E-state index in [1.807, 2.05) is 0 Å². The van der Waals surface area contributed by atoms with E-state index >= 15 is 0 Å². The van der Waals surface area contributed by atoms with Crippen molar-refractivity contribution in [2.45, 2.75) is 13.5 Å². The average Bonchev–Trinajstić information content (AvgIpc) is 2.42. The first-order valence-corrected chi connectivity index (χ1v) is 6.21. The van der Waals surface area contributed by atoms with Gasteiger partial charge in [-0.25, -0.2) is 13.2 Å². The topological polar surface area (TPSA) is 41.1 Å². The van der Waals surface area contributed by atoms with Gasteiger partial charge in [-0.1, -0.05) is 18.2 Å². The molecule has 2 aromatic rings. The van der Waals surface area contributed by atoms with Crippen molar-refractivity contribution in [3.05, 3.63) is 59.4 Å². The number of para-hydroxylation sites is 1. The molecule has 1 amide bonds. The van der Waals surface area contributed by atoms with Gasteiger partial charge in [0.2, 0.25) is 5.91 Å². The number of hydrogen-bond acceptors (Lipinski definition) is 2. The van der Waals surface area contributed by atoms with Crippen LogP contribution in [0.4, 0.5) is 24.5 Å². The quantitative estimate of drug-likeness (QED) is 0.845. The molecule has 21 heavy (non-hydrogen) atoms. The van der Waals surface area contributed by atoms with Crippen LogP contribution in [0.5, 0.6) is 0 Å². The van der Waals surface area contributed by atoms with E-state index in [4.69, 9.17) is 0 Å². The van der Waals surface area contributed by atoms with Gasteiger partial charge in [0.05, 0.1) is 5.69 Å². The van der Waals surface area contributed by atoms with Gasteiger partial charge >= 0.3 is 0 Å². The fourth-order valence-electron chi connectivity index (χ4n) is 1.83. The van der Waals surface area contributed by atoms with Crippen LogP contribution in [0.15, 0.2) is 36.4 Å². The lowest BCUT2D eigenvalue weighted by Crippen LogP contribution is -2.10. The molecule has 0 aliphatic heterocycles. The van der Waals surface area contributed by atoms with E-state index in [0.29, 0.717) is 17.3 Å². The summed E-state index contributed by atoms with van der Waals surface area (Å²) in [6.45, 7) is 1.53.